The molecule has 0 radical (unpaired) electrons. The van der Waals surface area contributed by atoms with Crippen molar-refractivity contribution in [2.75, 3.05) is 41.0 Å². The van der Waals surface area contributed by atoms with Gasteiger partial charge in [-0.2, -0.15) is 0 Å². The molecule has 0 unspecified atom stereocenters. The van der Waals surface area contributed by atoms with Crippen molar-refractivity contribution < 1.29 is 13.3 Å². The van der Waals surface area contributed by atoms with Crippen LogP contribution in [0.4, 0.5) is 0 Å². The Balaban J connectivity index is 2.06. The Morgan fingerprint density at radius 3 is 2.13 bits per heavy atom. The fraction of sp³-hybridized carbons (Fsp3) is 0.529. The van der Waals surface area contributed by atoms with E-state index in [2.05, 4.69) is 41.5 Å². The second-order valence-corrected chi connectivity index (χ2v) is 8.36. The Kier molecular flexibility index (Phi) is 10.0. The van der Waals surface area contributed by atoms with E-state index in [1.165, 1.54) is 5.56 Å². The van der Waals surface area contributed by atoms with Crippen LogP contribution in [0.15, 0.2) is 30.8 Å². The molecule has 6 heteroatoms. The first-order valence-corrected chi connectivity index (χ1v) is 9.91. The molecule has 0 aliphatic heterocycles. The summed E-state index contributed by atoms with van der Waals surface area (Å²) in [7, 11) is 2.55. The first-order chi connectivity index (χ1) is 11.2. The fourth-order valence-electron chi connectivity index (χ4n) is 2.29. The molecule has 1 rings (SSSR count). The standard InChI is InChI=1S/C17H30N2O3Si/c1-5-16-7-9-17(10-8-16)15-19-13-12-18-11-6-14-23(20-2,21-3)22-4/h5,7-10,18-19H,1,6,11-15H2,2-4H3. The Morgan fingerprint density at radius 2 is 1.57 bits per heavy atom. The Bertz CT molecular complexity index is 428. The SMILES string of the molecule is C=Cc1ccc(CNCCNCCC[Si](OC)(OC)OC)cc1. The van der Waals surface area contributed by atoms with Crippen molar-refractivity contribution in [2.45, 2.75) is 19.0 Å². The fourth-order valence-corrected chi connectivity index (χ4v) is 4.01. The van der Waals surface area contributed by atoms with Gasteiger partial charge >= 0.3 is 8.80 Å². The zero-order valence-corrected chi connectivity index (χ0v) is 15.6. The second kappa shape index (κ2) is 11.5. The molecule has 130 valence electrons. The van der Waals surface area contributed by atoms with Crippen LogP contribution in [-0.2, 0) is 19.8 Å². The van der Waals surface area contributed by atoms with Crippen LogP contribution < -0.4 is 10.6 Å². The van der Waals surface area contributed by atoms with Gasteiger partial charge in [-0.25, -0.2) is 0 Å². The largest absolute Gasteiger partial charge is 0.500 e. The summed E-state index contributed by atoms with van der Waals surface area (Å²) in [5.41, 5.74) is 2.44. The van der Waals surface area contributed by atoms with E-state index in [0.29, 0.717) is 0 Å². The average molecular weight is 339 g/mol. The zero-order chi connectivity index (χ0) is 17.0. The smallest absolute Gasteiger partial charge is 0.377 e. The summed E-state index contributed by atoms with van der Waals surface area (Å²) in [5, 5.41) is 6.84. The summed E-state index contributed by atoms with van der Waals surface area (Å²) >= 11 is 0. The number of nitrogens with one attached hydrogen (secondary N) is 2. The van der Waals surface area contributed by atoms with Crippen LogP contribution in [0.1, 0.15) is 17.5 Å². The van der Waals surface area contributed by atoms with Crippen LogP contribution in [0.2, 0.25) is 6.04 Å². The predicted octanol–water partition coefficient (Wildman–Crippen LogP) is 2.28. The summed E-state index contributed by atoms with van der Waals surface area (Å²) in [6, 6.07) is 9.25. The number of rotatable bonds is 13. The summed E-state index contributed by atoms with van der Waals surface area (Å²) in [6.45, 7) is 7.44. The lowest BCUT2D eigenvalue weighted by Crippen LogP contribution is -2.43. The topological polar surface area (TPSA) is 51.8 Å². The van der Waals surface area contributed by atoms with E-state index in [9.17, 15) is 0 Å². The third-order valence-electron chi connectivity index (χ3n) is 3.79. The summed E-state index contributed by atoms with van der Waals surface area (Å²) in [4.78, 5) is 0. The van der Waals surface area contributed by atoms with E-state index >= 15 is 0 Å². The Morgan fingerprint density at radius 1 is 0.957 bits per heavy atom. The summed E-state index contributed by atoms with van der Waals surface area (Å²) < 4.78 is 16.2. The third kappa shape index (κ3) is 7.39. The molecule has 0 aliphatic carbocycles. The van der Waals surface area contributed by atoms with Crippen molar-refractivity contribution in [1.29, 1.82) is 0 Å². The molecule has 1 aromatic rings. The lowest BCUT2D eigenvalue weighted by atomic mass is 10.1. The molecule has 0 saturated carbocycles. The molecule has 0 amide bonds. The van der Waals surface area contributed by atoms with Gasteiger partial charge in [0.25, 0.3) is 0 Å². The highest BCUT2D eigenvalue weighted by molar-refractivity contribution is 6.60. The molecule has 0 aliphatic rings. The number of hydrogen-bond donors (Lipinski definition) is 2. The number of benzene rings is 1. The molecule has 0 atom stereocenters. The minimum absolute atomic E-state index is 0.826. The molecule has 0 aromatic heterocycles. The molecule has 2 N–H and O–H groups in total. The van der Waals surface area contributed by atoms with Gasteiger partial charge in [0, 0.05) is 47.0 Å². The highest BCUT2D eigenvalue weighted by Gasteiger charge is 2.36. The van der Waals surface area contributed by atoms with Gasteiger partial charge in [0.1, 0.15) is 0 Å². The maximum atomic E-state index is 5.40. The van der Waals surface area contributed by atoms with Crippen molar-refractivity contribution in [3.63, 3.8) is 0 Å². The zero-order valence-electron chi connectivity index (χ0n) is 14.6. The molecular weight excluding hydrogens is 308 g/mol. The summed E-state index contributed by atoms with van der Waals surface area (Å²) in [6.07, 6.45) is 2.83. The van der Waals surface area contributed by atoms with Crippen LogP contribution in [-0.4, -0.2) is 49.8 Å². The molecule has 0 fully saturated rings. The van der Waals surface area contributed by atoms with Crippen LogP contribution in [0, 0.1) is 0 Å². The Labute approximate surface area is 141 Å². The summed E-state index contributed by atoms with van der Waals surface area (Å²) in [5.74, 6) is 0. The van der Waals surface area contributed by atoms with E-state index in [4.69, 9.17) is 13.3 Å². The van der Waals surface area contributed by atoms with Gasteiger partial charge in [0.2, 0.25) is 0 Å². The second-order valence-electron chi connectivity index (χ2n) is 5.27. The quantitative estimate of drug-likeness (QED) is 0.427. The van der Waals surface area contributed by atoms with E-state index in [1.54, 1.807) is 21.3 Å². The van der Waals surface area contributed by atoms with Crippen LogP contribution >= 0.6 is 0 Å². The molecule has 0 saturated heterocycles. The number of hydrogen-bond acceptors (Lipinski definition) is 5. The van der Waals surface area contributed by atoms with E-state index in [1.807, 2.05) is 6.08 Å². The van der Waals surface area contributed by atoms with Gasteiger partial charge in [-0.3, -0.25) is 0 Å². The lowest BCUT2D eigenvalue weighted by Gasteiger charge is -2.24. The first-order valence-electron chi connectivity index (χ1n) is 7.98. The minimum atomic E-state index is -2.41. The van der Waals surface area contributed by atoms with Gasteiger partial charge in [0.05, 0.1) is 0 Å². The van der Waals surface area contributed by atoms with Crippen molar-refractivity contribution in [3.05, 3.63) is 42.0 Å². The molecule has 1 aromatic carbocycles. The van der Waals surface area contributed by atoms with Crippen LogP contribution in [0.5, 0.6) is 0 Å². The van der Waals surface area contributed by atoms with Gasteiger partial charge in [-0.05, 0) is 24.1 Å². The molecule has 0 heterocycles. The first kappa shape index (κ1) is 20.0. The van der Waals surface area contributed by atoms with E-state index in [0.717, 1.165) is 44.2 Å². The van der Waals surface area contributed by atoms with Crippen LogP contribution in [0.3, 0.4) is 0 Å². The molecular formula is C17H30N2O3Si. The van der Waals surface area contributed by atoms with Crippen molar-refractivity contribution in [2.24, 2.45) is 0 Å². The van der Waals surface area contributed by atoms with Crippen molar-refractivity contribution >= 4 is 14.9 Å². The molecule has 5 nitrogen and oxygen atoms in total. The van der Waals surface area contributed by atoms with Gasteiger partial charge in [-0.15, -0.1) is 0 Å². The normalized spacial score (nSPS) is 11.6. The maximum Gasteiger partial charge on any atom is 0.500 e. The van der Waals surface area contributed by atoms with E-state index < -0.39 is 8.80 Å². The van der Waals surface area contributed by atoms with Gasteiger partial charge in [-0.1, -0.05) is 36.9 Å². The highest BCUT2D eigenvalue weighted by Crippen LogP contribution is 2.14. The van der Waals surface area contributed by atoms with Crippen molar-refractivity contribution in [3.8, 4) is 0 Å². The van der Waals surface area contributed by atoms with Crippen molar-refractivity contribution in [1.82, 2.24) is 10.6 Å². The highest BCUT2D eigenvalue weighted by atomic mass is 28.4. The molecule has 23 heavy (non-hydrogen) atoms. The lowest BCUT2D eigenvalue weighted by molar-refractivity contribution is 0.123. The average Bonchev–Trinajstić information content (AvgIpc) is 2.61. The predicted molar refractivity (Wildman–Crippen MR) is 97.3 cm³/mol. The van der Waals surface area contributed by atoms with Crippen LogP contribution in [0.25, 0.3) is 6.08 Å². The van der Waals surface area contributed by atoms with Gasteiger partial charge in [0.15, 0.2) is 0 Å². The molecule has 0 bridgehead atoms. The third-order valence-corrected chi connectivity index (χ3v) is 6.62. The Hall–Kier alpha value is -1.02. The maximum absolute atomic E-state index is 5.40. The monoisotopic (exact) mass is 338 g/mol. The van der Waals surface area contributed by atoms with E-state index in [-0.39, 0.29) is 0 Å². The molecule has 0 spiro atoms. The van der Waals surface area contributed by atoms with Gasteiger partial charge < -0.3 is 23.9 Å². The minimum Gasteiger partial charge on any atom is -0.377 e.